The Morgan fingerprint density at radius 3 is 2.38 bits per heavy atom. The van der Waals surface area contributed by atoms with Crippen molar-refractivity contribution in [3.63, 3.8) is 0 Å². The van der Waals surface area contributed by atoms with Gasteiger partial charge >= 0.3 is 63.7 Å². The molecule has 0 spiro atoms. The van der Waals surface area contributed by atoms with Gasteiger partial charge in [-0.3, -0.25) is 0 Å². The van der Waals surface area contributed by atoms with Crippen molar-refractivity contribution in [3.8, 4) is 0 Å². The minimum absolute atomic E-state index is 0.470. The summed E-state index contributed by atoms with van der Waals surface area (Å²) in [6.07, 6.45) is 0. The average Bonchev–Trinajstić information content (AvgIpc) is 1.98. The Bertz CT molecular complexity index is 160. The van der Waals surface area contributed by atoms with Crippen LogP contribution in [0, 0.1) is 0 Å². The van der Waals surface area contributed by atoms with Gasteiger partial charge in [-0.15, -0.1) is 0 Å². The second-order valence-corrected chi connectivity index (χ2v) is 7.40. The molecule has 46 valence electrons. The molecule has 3 heteroatoms. The van der Waals surface area contributed by atoms with Crippen LogP contribution in [0.15, 0.2) is 9.81 Å². The van der Waals surface area contributed by atoms with Crippen LogP contribution in [0.5, 0.6) is 0 Å². The molecule has 1 heterocycles. The predicted molar refractivity (Wildman–Crippen MR) is 44.2 cm³/mol. The van der Waals surface area contributed by atoms with Crippen LogP contribution in [0.1, 0.15) is 13.8 Å². The Morgan fingerprint density at radius 2 is 2.25 bits per heavy atom. The standard InChI is InChI=1S/C5H8S2Se/c1-4-5(2)7(8)3-6-4/h3H2,1-2H3. The molecule has 0 aliphatic carbocycles. The van der Waals surface area contributed by atoms with E-state index in [1.165, 1.54) is 9.99 Å². The van der Waals surface area contributed by atoms with Gasteiger partial charge in [-0.25, -0.2) is 0 Å². The third kappa shape index (κ3) is 1.27. The maximum absolute atomic E-state index is 3.17. The number of rotatable bonds is 0. The second kappa shape index (κ2) is 2.70. The van der Waals surface area contributed by atoms with E-state index >= 15 is 0 Å². The first-order valence-corrected chi connectivity index (χ1v) is 6.80. The Kier molecular flexibility index (Phi) is 2.38. The number of allylic oxidation sites excluding steroid dienone is 2. The van der Waals surface area contributed by atoms with Gasteiger partial charge in [0.25, 0.3) is 0 Å². The van der Waals surface area contributed by atoms with E-state index in [4.69, 9.17) is 0 Å². The van der Waals surface area contributed by atoms with Crippen LogP contribution in [-0.4, -0.2) is 19.5 Å². The Balaban J connectivity index is 2.86. The summed E-state index contributed by atoms with van der Waals surface area (Å²) in [5.41, 5.74) is 0. The van der Waals surface area contributed by atoms with Crippen molar-refractivity contribution in [2.24, 2.45) is 0 Å². The van der Waals surface area contributed by atoms with Crippen LogP contribution in [0.25, 0.3) is 0 Å². The molecule has 1 rings (SSSR count). The second-order valence-electron chi connectivity index (χ2n) is 1.72. The third-order valence-corrected chi connectivity index (χ3v) is 7.80. The Hall–Kier alpha value is 0.959. The van der Waals surface area contributed by atoms with Crippen LogP contribution in [0.3, 0.4) is 0 Å². The molecule has 0 fully saturated rings. The summed E-state index contributed by atoms with van der Waals surface area (Å²) in [7, 11) is 0.470. The zero-order valence-electron chi connectivity index (χ0n) is 4.93. The van der Waals surface area contributed by atoms with E-state index in [1.54, 1.807) is 4.91 Å². The molecule has 1 aliphatic rings. The third-order valence-electron chi connectivity index (χ3n) is 1.22. The van der Waals surface area contributed by atoms with E-state index in [0.717, 1.165) is 0 Å². The van der Waals surface area contributed by atoms with Gasteiger partial charge in [0.2, 0.25) is 0 Å². The number of thioether (sulfide) groups is 1. The van der Waals surface area contributed by atoms with E-state index in [2.05, 4.69) is 28.2 Å². The summed E-state index contributed by atoms with van der Waals surface area (Å²) in [5.74, 6) is 0. The fraction of sp³-hybridized carbons (Fsp3) is 0.600. The van der Waals surface area contributed by atoms with Crippen molar-refractivity contribution in [3.05, 3.63) is 9.81 Å². The van der Waals surface area contributed by atoms with E-state index in [9.17, 15) is 0 Å². The molecule has 1 unspecified atom stereocenters. The fourth-order valence-electron chi connectivity index (χ4n) is 0.492. The molecule has 8 heavy (non-hydrogen) atoms. The van der Waals surface area contributed by atoms with Gasteiger partial charge in [0.1, 0.15) is 0 Å². The number of hydrogen-bond acceptors (Lipinski definition) is 1. The maximum atomic E-state index is 3.17. The summed E-state index contributed by atoms with van der Waals surface area (Å²) < 4.78 is 0. The van der Waals surface area contributed by atoms with Gasteiger partial charge in [-0.2, -0.15) is 0 Å². The molecule has 0 aromatic carbocycles. The molecule has 1 aliphatic heterocycles. The quantitative estimate of drug-likeness (QED) is 0.554. The summed E-state index contributed by atoms with van der Waals surface area (Å²) in [4.78, 5) is 3.09. The van der Waals surface area contributed by atoms with Crippen LogP contribution >= 0.6 is 20.6 Å². The van der Waals surface area contributed by atoms with Crippen LogP contribution in [-0.2, 0) is 0 Å². The SMILES string of the molecule is CC1=C(C)S(=[Se])CS1. The van der Waals surface area contributed by atoms with E-state index in [-0.39, 0.29) is 0 Å². The van der Waals surface area contributed by atoms with Crippen molar-refractivity contribution < 1.29 is 0 Å². The van der Waals surface area contributed by atoms with Gasteiger partial charge in [-0.1, -0.05) is 0 Å². The molecule has 1 atom stereocenters. The van der Waals surface area contributed by atoms with Gasteiger partial charge in [0.15, 0.2) is 0 Å². The van der Waals surface area contributed by atoms with Crippen molar-refractivity contribution in [2.45, 2.75) is 13.8 Å². The molecule has 0 aromatic rings. The molecule has 0 nitrogen and oxygen atoms in total. The van der Waals surface area contributed by atoms with E-state index in [1.807, 2.05) is 11.8 Å². The zero-order valence-corrected chi connectivity index (χ0v) is 8.28. The average molecular weight is 211 g/mol. The van der Waals surface area contributed by atoms with Gasteiger partial charge in [0, 0.05) is 0 Å². The van der Waals surface area contributed by atoms with Crippen molar-refractivity contribution in [1.82, 2.24) is 0 Å². The first-order chi connectivity index (χ1) is 3.72. The molecule has 0 amide bonds. The minimum atomic E-state index is 0.470. The topological polar surface area (TPSA) is 0 Å². The van der Waals surface area contributed by atoms with Crippen molar-refractivity contribution in [2.75, 3.05) is 5.08 Å². The normalized spacial score (nSPS) is 29.5. The molecular weight excluding hydrogens is 203 g/mol. The summed E-state index contributed by atoms with van der Waals surface area (Å²) in [5, 5.41) is 1.28. The van der Waals surface area contributed by atoms with Crippen LogP contribution in [0.2, 0.25) is 0 Å². The van der Waals surface area contributed by atoms with E-state index < -0.39 is 0 Å². The molecule has 0 aromatic heterocycles. The van der Waals surface area contributed by atoms with Gasteiger partial charge in [0.05, 0.1) is 0 Å². The predicted octanol–water partition coefficient (Wildman–Crippen LogP) is 2.29. The van der Waals surface area contributed by atoms with E-state index in [0.29, 0.717) is 8.82 Å². The summed E-state index contributed by atoms with van der Waals surface area (Å²) in [6, 6.07) is 0. The summed E-state index contributed by atoms with van der Waals surface area (Å²) in [6.45, 7) is 4.42. The molecule has 0 N–H and O–H groups in total. The Morgan fingerprint density at radius 1 is 1.62 bits per heavy atom. The monoisotopic (exact) mass is 212 g/mol. The van der Waals surface area contributed by atoms with Gasteiger partial charge in [-0.05, 0) is 0 Å². The number of hydrogen-bond donors (Lipinski definition) is 0. The first-order valence-electron chi connectivity index (χ1n) is 2.40. The zero-order chi connectivity index (χ0) is 6.15. The fourth-order valence-corrected chi connectivity index (χ4v) is 5.39. The van der Waals surface area contributed by atoms with Crippen molar-refractivity contribution >= 4 is 35.0 Å². The molecule has 0 saturated heterocycles. The molecule has 0 saturated carbocycles. The van der Waals surface area contributed by atoms with Crippen molar-refractivity contribution in [1.29, 1.82) is 0 Å². The molecule has 0 bridgehead atoms. The summed E-state index contributed by atoms with van der Waals surface area (Å²) >= 11 is 5.14. The molecule has 0 radical (unpaired) electrons. The van der Waals surface area contributed by atoms with Crippen LogP contribution in [0.4, 0.5) is 0 Å². The Labute approximate surface area is 63.7 Å². The first kappa shape index (κ1) is 7.07. The van der Waals surface area contributed by atoms with Gasteiger partial charge < -0.3 is 0 Å². The molecular formula is C5H8S2Se. The van der Waals surface area contributed by atoms with Crippen LogP contribution < -0.4 is 0 Å².